The quantitative estimate of drug-likeness (QED) is 0.677. The van der Waals surface area contributed by atoms with Crippen LogP contribution in [0.5, 0.6) is 0 Å². The molecule has 0 aliphatic heterocycles. The van der Waals surface area contributed by atoms with Crippen molar-refractivity contribution < 1.29 is 0 Å². The van der Waals surface area contributed by atoms with E-state index in [0.29, 0.717) is 0 Å². The number of nitrogens with zero attached hydrogens (tertiary/aromatic N) is 1. The third kappa shape index (κ3) is 3.32. The fourth-order valence-electron chi connectivity index (χ4n) is 1.15. The topological polar surface area (TPSA) is 3.24 Å². The molecule has 0 aromatic heterocycles. The van der Waals surface area contributed by atoms with Gasteiger partial charge >= 0.3 is 0 Å². The molecule has 70 valence electrons. The zero-order chi connectivity index (χ0) is 9.52. The number of anilines is 1. The van der Waals surface area contributed by atoms with Gasteiger partial charge in [0.15, 0.2) is 0 Å². The summed E-state index contributed by atoms with van der Waals surface area (Å²) < 4.78 is 0. The summed E-state index contributed by atoms with van der Waals surface area (Å²) in [5, 5.41) is 0. The van der Waals surface area contributed by atoms with Crippen molar-refractivity contribution >= 4 is 5.69 Å². The number of hydrogen-bond donors (Lipinski definition) is 0. The van der Waals surface area contributed by atoms with E-state index in [-0.39, 0.29) is 0 Å². The number of unbranched alkanes of at least 4 members (excludes halogenated alkanes) is 1. The Bertz CT molecular complexity index is 251. The van der Waals surface area contributed by atoms with Crippen molar-refractivity contribution in [3.05, 3.63) is 42.6 Å². The third-order valence-corrected chi connectivity index (χ3v) is 1.95. The lowest BCUT2D eigenvalue weighted by atomic mass is 10.3. The normalized spacial score (nSPS) is 10.6. The van der Waals surface area contributed by atoms with Crippen molar-refractivity contribution in [1.82, 2.24) is 0 Å². The molecule has 0 radical (unpaired) electrons. The van der Waals surface area contributed by atoms with E-state index in [1.165, 1.54) is 12.1 Å². The molecular formula is C12H17N. The van der Waals surface area contributed by atoms with Crippen molar-refractivity contribution in [1.29, 1.82) is 0 Å². The summed E-state index contributed by atoms with van der Waals surface area (Å²) >= 11 is 0. The Morgan fingerprint density at radius 2 is 1.92 bits per heavy atom. The van der Waals surface area contributed by atoms with Crippen LogP contribution >= 0.6 is 0 Å². The summed E-state index contributed by atoms with van der Waals surface area (Å²) in [5.41, 5.74) is 1.23. The second-order valence-electron chi connectivity index (χ2n) is 3.12. The minimum atomic E-state index is 1.15. The van der Waals surface area contributed by atoms with E-state index < -0.39 is 0 Å². The van der Waals surface area contributed by atoms with Gasteiger partial charge in [-0.15, -0.1) is 0 Å². The first-order valence-corrected chi connectivity index (χ1v) is 4.79. The van der Waals surface area contributed by atoms with Gasteiger partial charge in [-0.1, -0.05) is 37.6 Å². The molecule has 0 fully saturated rings. The number of hydrogen-bond acceptors (Lipinski definition) is 1. The molecule has 1 aromatic rings. The highest BCUT2D eigenvalue weighted by atomic mass is 15.1. The predicted octanol–water partition coefficient (Wildman–Crippen LogP) is 3.44. The Morgan fingerprint density at radius 1 is 1.23 bits per heavy atom. The highest BCUT2D eigenvalue weighted by Crippen LogP contribution is 2.11. The number of benzene rings is 1. The van der Waals surface area contributed by atoms with E-state index in [9.17, 15) is 0 Å². The fourth-order valence-corrected chi connectivity index (χ4v) is 1.15. The van der Waals surface area contributed by atoms with Crippen LogP contribution in [0.15, 0.2) is 42.6 Å². The highest BCUT2D eigenvalue weighted by Gasteiger charge is 1.92. The second-order valence-corrected chi connectivity index (χ2v) is 3.12. The molecule has 0 N–H and O–H groups in total. The molecule has 0 saturated carbocycles. The van der Waals surface area contributed by atoms with E-state index in [2.05, 4.69) is 55.4 Å². The van der Waals surface area contributed by atoms with Gasteiger partial charge < -0.3 is 4.90 Å². The van der Waals surface area contributed by atoms with Crippen molar-refractivity contribution in [3.8, 4) is 0 Å². The molecule has 1 rings (SSSR count). The van der Waals surface area contributed by atoms with Gasteiger partial charge in [0.05, 0.1) is 0 Å². The molecule has 0 amide bonds. The highest BCUT2D eigenvalue weighted by molar-refractivity contribution is 5.47. The maximum absolute atomic E-state index is 2.20. The summed E-state index contributed by atoms with van der Waals surface area (Å²) in [6.45, 7) is 2.19. The Balaban J connectivity index is 2.53. The van der Waals surface area contributed by atoms with Crippen LogP contribution in [-0.4, -0.2) is 7.05 Å². The number of rotatable bonds is 4. The fraction of sp³-hybridized carbons (Fsp3) is 0.333. The van der Waals surface area contributed by atoms with Crippen LogP contribution in [-0.2, 0) is 0 Å². The first-order chi connectivity index (χ1) is 6.34. The Labute approximate surface area is 80.7 Å². The molecule has 0 atom stereocenters. The van der Waals surface area contributed by atoms with Crippen LogP contribution in [0.4, 0.5) is 5.69 Å². The van der Waals surface area contributed by atoms with Gasteiger partial charge in [-0.05, 0) is 24.8 Å². The van der Waals surface area contributed by atoms with E-state index in [1.807, 2.05) is 6.07 Å². The largest absolute Gasteiger partial charge is 0.351 e. The van der Waals surface area contributed by atoms with Gasteiger partial charge in [0.25, 0.3) is 0 Å². The van der Waals surface area contributed by atoms with Gasteiger partial charge in [-0.3, -0.25) is 0 Å². The lowest BCUT2D eigenvalue weighted by Gasteiger charge is -2.13. The van der Waals surface area contributed by atoms with Crippen molar-refractivity contribution in [2.75, 3.05) is 11.9 Å². The molecule has 1 aromatic carbocycles. The minimum Gasteiger partial charge on any atom is -0.351 e. The number of allylic oxidation sites excluding steroid dienone is 1. The lowest BCUT2D eigenvalue weighted by Crippen LogP contribution is -2.06. The summed E-state index contributed by atoms with van der Waals surface area (Å²) in [4.78, 5) is 2.13. The molecule has 1 nitrogen and oxygen atoms in total. The van der Waals surface area contributed by atoms with Gasteiger partial charge in [0.1, 0.15) is 0 Å². The molecule has 0 aliphatic carbocycles. The van der Waals surface area contributed by atoms with Crippen LogP contribution in [0.3, 0.4) is 0 Å². The van der Waals surface area contributed by atoms with Gasteiger partial charge in [0, 0.05) is 12.7 Å². The first-order valence-electron chi connectivity index (χ1n) is 4.79. The maximum Gasteiger partial charge on any atom is 0.0403 e. The minimum absolute atomic E-state index is 1.15. The maximum atomic E-state index is 2.20. The van der Waals surface area contributed by atoms with Crippen LogP contribution in [0, 0.1) is 0 Å². The van der Waals surface area contributed by atoms with E-state index in [1.54, 1.807) is 0 Å². The van der Waals surface area contributed by atoms with Crippen LogP contribution < -0.4 is 4.90 Å². The Hall–Kier alpha value is -1.24. The Kier molecular flexibility index (Phi) is 4.10. The average Bonchev–Trinajstić information content (AvgIpc) is 2.19. The van der Waals surface area contributed by atoms with E-state index in [4.69, 9.17) is 0 Å². The van der Waals surface area contributed by atoms with Gasteiger partial charge in [0.2, 0.25) is 0 Å². The lowest BCUT2D eigenvalue weighted by molar-refractivity contribution is 0.952. The van der Waals surface area contributed by atoms with Crippen LogP contribution in [0.25, 0.3) is 0 Å². The second kappa shape index (κ2) is 5.41. The average molecular weight is 175 g/mol. The molecule has 0 saturated heterocycles. The molecule has 0 heterocycles. The Morgan fingerprint density at radius 3 is 2.54 bits per heavy atom. The van der Waals surface area contributed by atoms with Crippen molar-refractivity contribution in [2.24, 2.45) is 0 Å². The third-order valence-electron chi connectivity index (χ3n) is 1.95. The molecule has 13 heavy (non-hydrogen) atoms. The summed E-state index contributed by atoms with van der Waals surface area (Å²) in [6.07, 6.45) is 6.68. The van der Waals surface area contributed by atoms with E-state index in [0.717, 1.165) is 6.42 Å². The molecular weight excluding hydrogens is 158 g/mol. The zero-order valence-corrected chi connectivity index (χ0v) is 8.40. The van der Waals surface area contributed by atoms with Crippen LogP contribution in [0.2, 0.25) is 0 Å². The standard InChI is InChI=1S/C12H17N/c1-3-4-8-11-13(2)12-9-6-5-7-10-12/h5-11H,3-4H2,1-2H3. The SMILES string of the molecule is CCCC=CN(C)c1ccccc1. The molecule has 0 spiro atoms. The monoisotopic (exact) mass is 175 g/mol. The summed E-state index contributed by atoms with van der Waals surface area (Å²) in [7, 11) is 2.07. The van der Waals surface area contributed by atoms with Crippen molar-refractivity contribution in [2.45, 2.75) is 19.8 Å². The smallest absolute Gasteiger partial charge is 0.0403 e. The molecule has 0 unspecified atom stereocenters. The van der Waals surface area contributed by atoms with Gasteiger partial charge in [-0.25, -0.2) is 0 Å². The van der Waals surface area contributed by atoms with E-state index >= 15 is 0 Å². The number of para-hydroxylation sites is 1. The zero-order valence-electron chi connectivity index (χ0n) is 8.40. The summed E-state index contributed by atoms with van der Waals surface area (Å²) in [6, 6.07) is 10.4. The summed E-state index contributed by atoms with van der Waals surface area (Å²) in [5.74, 6) is 0. The molecule has 0 bridgehead atoms. The first kappa shape index (κ1) is 9.85. The van der Waals surface area contributed by atoms with Gasteiger partial charge in [-0.2, -0.15) is 0 Å². The predicted molar refractivity (Wildman–Crippen MR) is 58.9 cm³/mol. The van der Waals surface area contributed by atoms with Crippen LogP contribution in [0.1, 0.15) is 19.8 Å². The van der Waals surface area contributed by atoms with Crippen molar-refractivity contribution in [3.63, 3.8) is 0 Å². The molecule has 1 heteroatoms. The molecule has 0 aliphatic rings.